The van der Waals surface area contributed by atoms with Crippen molar-refractivity contribution in [2.75, 3.05) is 13.2 Å². The third-order valence-corrected chi connectivity index (χ3v) is 3.71. The number of ether oxygens (including phenoxy) is 1. The minimum atomic E-state index is -0.594. The average molecular weight is 298 g/mol. The van der Waals surface area contributed by atoms with Crippen LogP contribution in [0.3, 0.4) is 0 Å². The number of aryl methyl sites for hydroxylation is 1. The van der Waals surface area contributed by atoms with E-state index in [1.54, 1.807) is 0 Å². The molecule has 1 fully saturated rings. The van der Waals surface area contributed by atoms with Crippen LogP contribution in [0, 0.1) is 0 Å². The topological polar surface area (TPSA) is 58.6 Å². The second kappa shape index (κ2) is 7.62. The van der Waals surface area contributed by atoms with Gasteiger partial charge in [0, 0.05) is 18.1 Å². The van der Waals surface area contributed by atoms with Crippen LogP contribution in [-0.4, -0.2) is 36.4 Å². The second-order valence-electron chi connectivity index (χ2n) is 5.08. The van der Waals surface area contributed by atoms with Crippen LogP contribution in [0.4, 0.5) is 0 Å². The van der Waals surface area contributed by atoms with Crippen LogP contribution in [0.25, 0.3) is 0 Å². The van der Waals surface area contributed by atoms with Gasteiger partial charge in [0.25, 0.3) is 0 Å². The van der Waals surface area contributed by atoms with Crippen molar-refractivity contribution >= 4 is 17.5 Å². The summed E-state index contributed by atoms with van der Waals surface area (Å²) in [5, 5.41) is 13.3. The van der Waals surface area contributed by atoms with Gasteiger partial charge in [-0.25, -0.2) is 0 Å². The molecule has 0 aromatic heterocycles. The summed E-state index contributed by atoms with van der Waals surface area (Å²) in [6, 6.07) is 7.49. The summed E-state index contributed by atoms with van der Waals surface area (Å²) >= 11 is 5.82. The lowest BCUT2D eigenvalue weighted by Gasteiger charge is -2.28. The van der Waals surface area contributed by atoms with Crippen LogP contribution in [0.5, 0.6) is 0 Å². The van der Waals surface area contributed by atoms with E-state index >= 15 is 0 Å². The largest absolute Gasteiger partial charge is 0.389 e. The molecule has 2 rings (SSSR count). The lowest BCUT2D eigenvalue weighted by Crippen LogP contribution is -2.48. The molecule has 1 aromatic rings. The molecule has 0 bridgehead atoms. The fraction of sp³-hybridized carbons (Fsp3) is 0.533. The normalized spacial score (nSPS) is 22.5. The van der Waals surface area contributed by atoms with Crippen LogP contribution in [0.1, 0.15) is 24.8 Å². The van der Waals surface area contributed by atoms with Gasteiger partial charge in [0.15, 0.2) is 0 Å². The van der Waals surface area contributed by atoms with Gasteiger partial charge in [-0.2, -0.15) is 0 Å². The zero-order chi connectivity index (χ0) is 14.4. The summed E-state index contributed by atoms with van der Waals surface area (Å²) in [4.78, 5) is 11.8. The molecule has 20 heavy (non-hydrogen) atoms. The van der Waals surface area contributed by atoms with Gasteiger partial charge in [-0.15, -0.1) is 0 Å². The monoisotopic (exact) mass is 297 g/mol. The molecule has 110 valence electrons. The zero-order valence-corrected chi connectivity index (χ0v) is 12.1. The number of hydrogen-bond acceptors (Lipinski definition) is 3. The van der Waals surface area contributed by atoms with Gasteiger partial charge in [-0.05, 0) is 37.0 Å². The number of carbonyl (C=O) groups is 1. The Morgan fingerprint density at radius 2 is 2.15 bits per heavy atom. The quantitative estimate of drug-likeness (QED) is 0.873. The number of nitrogens with one attached hydrogen (secondary N) is 1. The van der Waals surface area contributed by atoms with Crippen molar-refractivity contribution in [2.45, 2.75) is 37.8 Å². The first-order chi connectivity index (χ1) is 9.65. The standard InChI is InChI=1S/C15H20ClNO3/c16-12-6-4-11(5-7-12)2-1-3-15(19)17-13-8-9-20-10-14(13)18/h4-7,13-14,18H,1-3,8-10H2,(H,17,19)/t13-,14-/m1/s1. The number of aliphatic hydroxyl groups excluding tert-OH is 1. The number of rotatable bonds is 5. The molecule has 1 heterocycles. The van der Waals surface area contributed by atoms with E-state index in [2.05, 4.69) is 5.32 Å². The molecule has 0 radical (unpaired) electrons. The highest BCUT2D eigenvalue weighted by molar-refractivity contribution is 6.30. The predicted octanol–water partition coefficient (Wildman–Crippen LogP) is 1.93. The van der Waals surface area contributed by atoms with Gasteiger partial charge in [-0.1, -0.05) is 23.7 Å². The van der Waals surface area contributed by atoms with Crippen molar-refractivity contribution in [1.29, 1.82) is 0 Å². The highest BCUT2D eigenvalue weighted by Gasteiger charge is 2.24. The number of hydrogen-bond donors (Lipinski definition) is 2. The van der Waals surface area contributed by atoms with Gasteiger partial charge in [0.2, 0.25) is 5.91 Å². The predicted molar refractivity (Wildman–Crippen MR) is 77.8 cm³/mol. The molecular formula is C15H20ClNO3. The Balaban J connectivity index is 1.68. The van der Waals surface area contributed by atoms with Crippen LogP contribution in [-0.2, 0) is 16.0 Å². The van der Waals surface area contributed by atoms with Gasteiger partial charge in [0.05, 0.1) is 18.8 Å². The Labute approximate surface area is 124 Å². The molecule has 5 heteroatoms. The lowest BCUT2D eigenvalue weighted by atomic mass is 10.1. The molecule has 1 aromatic carbocycles. The summed E-state index contributed by atoms with van der Waals surface area (Å²) in [7, 11) is 0. The Kier molecular flexibility index (Phi) is 5.83. The van der Waals surface area contributed by atoms with Crippen LogP contribution < -0.4 is 5.32 Å². The summed E-state index contributed by atoms with van der Waals surface area (Å²) in [6.07, 6.45) is 2.17. The Hall–Kier alpha value is -1.10. The smallest absolute Gasteiger partial charge is 0.220 e. The van der Waals surface area contributed by atoms with Gasteiger partial charge >= 0.3 is 0 Å². The minimum absolute atomic E-state index is 0.00934. The Bertz CT molecular complexity index is 435. The first-order valence-electron chi connectivity index (χ1n) is 6.95. The fourth-order valence-electron chi connectivity index (χ4n) is 2.27. The number of amides is 1. The van der Waals surface area contributed by atoms with Crippen molar-refractivity contribution in [3.8, 4) is 0 Å². The van der Waals surface area contributed by atoms with Crippen LogP contribution >= 0.6 is 11.6 Å². The van der Waals surface area contributed by atoms with E-state index in [9.17, 15) is 9.90 Å². The van der Waals surface area contributed by atoms with E-state index in [0.717, 1.165) is 17.9 Å². The van der Waals surface area contributed by atoms with Crippen molar-refractivity contribution in [1.82, 2.24) is 5.32 Å². The Morgan fingerprint density at radius 1 is 1.40 bits per heavy atom. The van der Waals surface area contributed by atoms with Crippen molar-refractivity contribution < 1.29 is 14.6 Å². The second-order valence-corrected chi connectivity index (χ2v) is 5.52. The maximum Gasteiger partial charge on any atom is 0.220 e. The molecular weight excluding hydrogens is 278 g/mol. The molecule has 1 aliphatic rings. The molecule has 0 spiro atoms. The molecule has 4 nitrogen and oxygen atoms in total. The van der Waals surface area contributed by atoms with E-state index in [1.165, 1.54) is 5.56 Å². The number of carbonyl (C=O) groups excluding carboxylic acids is 1. The van der Waals surface area contributed by atoms with E-state index in [0.29, 0.717) is 26.1 Å². The van der Waals surface area contributed by atoms with Crippen molar-refractivity contribution in [3.63, 3.8) is 0 Å². The number of benzene rings is 1. The van der Waals surface area contributed by atoms with Gasteiger partial charge in [-0.3, -0.25) is 4.79 Å². The van der Waals surface area contributed by atoms with Crippen molar-refractivity contribution in [3.05, 3.63) is 34.9 Å². The molecule has 0 saturated carbocycles. The number of halogens is 1. The SMILES string of the molecule is O=C(CCCc1ccc(Cl)cc1)N[C@@H]1CCOC[C@H]1O. The highest BCUT2D eigenvalue weighted by Crippen LogP contribution is 2.12. The summed E-state index contributed by atoms with van der Waals surface area (Å²) in [5.74, 6) is -0.00934. The number of aliphatic hydroxyl groups is 1. The van der Waals surface area contributed by atoms with Crippen molar-refractivity contribution in [2.24, 2.45) is 0 Å². The maximum absolute atomic E-state index is 11.8. The first-order valence-corrected chi connectivity index (χ1v) is 7.32. The molecule has 1 amide bonds. The summed E-state index contributed by atoms with van der Waals surface area (Å²) in [5.41, 5.74) is 1.17. The summed E-state index contributed by atoms with van der Waals surface area (Å²) in [6.45, 7) is 0.891. The van der Waals surface area contributed by atoms with Gasteiger partial charge in [0.1, 0.15) is 0 Å². The van der Waals surface area contributed by atoms with E-state index < -0.39 is 6.10 Å². The van der Waals surface area contributed by atoms with E-state index in [-0.39, 0.29) is 11.9 Å². The maximum atomic E-state index is 11.8. The van der Waals surface area contributed by atoms with Gasteiger partial charge < -0.3 is 15.2 Å². The molecule has 2 atom stereocenters. The average Bonchev–Trinajstić information content (AvgIpc) is 2.44. The van der Waals surface area contributed by atoms with E-state index in [1.807, 2.05) is 24.3 Å². The molecule has 0 aliphatic carbocycles. The fourth-order valence-corrected chi connectivity index (χ4v) is 2.40. The third kappa shape index (κ3) is 4.78. The lowest BCUT2D eigenvalue weighted by molar-refractivity contribution is -0.124. The molecule has 2 N–H and O–H groups in total. The minimum Gasteiger partial charge on any atom is -0.389 e. The zero-order valence-electron chi connectivity index (χ0n) is 11.3. The molecule has 0 unspecified atom stereocenters. The van der Waals surface area contributed by atoms with Crippen LogP contribution in [0.2, 0.25) is 5.02 Å². The van der Waals surface area contributed by atoms with E-state index in [4.69, 9.17) is 16.3 Å². The Morgan fingerprint density at radius 3 is 2.85 bits per heavy atom. The third-order valence-electron chi connectivity index (χ3n) is 3.46. The molecule has 1 saturated heterocycles. The highest BCUT2D eigenvalue weighted by atomic mass is 35.5. The summed E-state index contributed by atoms with van der Waals surface area (Å²) < 4.78 is 5.13. The first kappa shape index (κ1) is 15.3. The molecule has 1 aliphatic heterocycles. The van der Waals surface area contributed by atoms with Crippen LogP contribution in [0.15, 0.2) is 24.3 Å².